The van der Waals surface area contributed by atoms with Crippen LogP contribution in [0.25, 0.3) is 10.9 Å². The third kappa shape index (κ3) is 5.84. The van der Waals surface area contributed by atoms with Gasteiger partial charge >= 0.3 is 5.69 Å². The molecule has 5 rings (SSSR count). The molecule has 0 saturated heterocycles. The Morgan fingerprint density at radius 2 is 1.46 bits per heavy atom. The van der Waals surface area contributed by atoms with E-state index in [-0.39, 0.29) is 36.5 Å². The van der Waals surface area contributed by atoms with Crippen LogP contribution in [0.2, 0.25) is 0 Å². The molecular weight excluding hydrogens is 525 g/mol. The number of ketones is 1. The number of Topliss-reactive ketones (excluding diaryl/α,β-unsaturated/α-hetero) is 1. The van der Waals surface area contributed by atoms with E-state index in [1.54, 1.807) is 55.6 Å². The zero-order valence-corrected chi connectivity index (χ0v) is 22.2. The minimum absolute atomic E-state index is 0.0592. The summed E-state index contributed by atoms with van der Waals surface area (Å²) < 4.78 is 21.0. The molecule has 0 fully saturated rings. The number of rotatable bonds is 9. The van der Waals surface area contributed by atoms with Crippen LogP contribution in [0.3, 0.4) is 0 Å². The predicted octanol–water partition coefficient (Wildman–Crippen LogP) is 4.17. The topological polar surface area (TPSA) is 99.4 Å². The fourth-order valence-electron chi connectivity index (χ4n) is 4.60. The van der Waals surface area contributed by atoms with E-state index in [4.69, 9.17) is 4.74 Å². The average molecular weight is 552 g/mol. The number of methoxy groups -OCH3 is 1. The van der Waals surface area contributed by atoms with Crippen molar-refractivity contribution in [2.75, 3.05) is 7.11 Å². The normalized spacial score (nSPS) is 10.9. The minimum Gasteiger partial charge on any atom is -0.496 e. The highest BCUT2D eigenvalue weighted by molar-refractivity contribution is 5.96. The van der Waals surface area contributed by atoms with Gasteiger partial charge in [0, 0.05) is 23.2 Å². The van der Waals surface area contributed by atoms with E-state index in [9.17, 15) is 23.6 Å². The van der Waals surface area contributed by atoms with E-state index in [0.29, 0.717) is 22.4 Å². The number of carbonyl (C=O) groups is 2. The molecule has 1 N–H and O–H groups in total. The maximum absolute atomic E-state index is 13.5. The first-order valence-electron chi connectivity index (χ1n) is 12.9. The summed E-state index contributed by atoms with van der Waals surface area (Å²) in [6.45, 7) is -0.0970. The van der Waals surface area contributed by atoms with Crippen LogP contribution < -0.4 is 21.3 Å². The molecule has 1 aromatic heterocycles. The molecule has 0 atom stereocenters. The number of amides is 1. The van der Waals surface area contributed by atoms with Crippen molar-refractivity contribution >= 4 is 22.6 Å². The lowest BCUT2D eigenvalue weighted by Gasteiger charge is -2.14. The molecule has 0 aliphatic rings. The molecule has 4 aromatic carbocycles. The zero-order chi connectivity index (χ0) is 28.9. The van der Waals surface area contributed by atoms with Gasteiger partial charge < -0.3 is 10.1 Å². The molecule has 0 spiro atoms. The number of fused-ring (bicyclic) bond motifs is 1. The molecule has 1 heterocycles. The smallest absolute Gasteiger partial charge is 0.332 e. The Kier molecular flexibility index (Phi) is 7.87. The molecule has 1 amide bonds. The standard InChI is InChI=1S/C32H26FN3O5/c1-41-29-9-5-2-6-24(29)18-34-30(38)23-12-10-21(11-13-23)19-36-31(39)26-7-3-4-8-27(26)35(32(36)40)20-28(37)22-14-16-25(33)17-15-22/h2-17H,18-20H2,1H3,(H,34,38). The van der Waals surface area contributed by atoms with Gasteiger partial charge in [0.1, 0.15) is 11.6 Å². The molecule has 0 bridgehead atoms. The summed E-state index contributed by atoms with van der Waals surface area (Å²) in [6.07, 6.45) is 0. The fraction of sp³-hybridized carbons (Fsp3) is 0.125. The van der Waals surface area contributed by atoms with Crippen LogP contribution in [0.4, 0.5) is 4.39 Å². The Labute approximate surface area is 234 Å². The molecule has 206 valence electrons. The van der Waals surface area contributed by atoms with Gasteiger partial charge in [0.2, 0.25) is 0 Å². The van der Waals surface area contributed by atoms with Gasteiger partial charge in [-0.15, -0.1) is 0 Å². The quantitative estimate of drug-likeness (QED) is 0.277. The number of para-hydroxylation sites is 2. The SMILES string of the molecule is COc1ccccc1CNC(=O)c1ccc(Cn2c(=O)c3ccccc3n(CC(=O)c3ccc(F)cc3)c2=O)cc1. The Bertz CT molecular complexity index is 1860. The number of benzene rings is 4. The van der Waals surface area contributed by atoms with Crippen molar-refractivity contribution in [1.82, 2.24) is 14.5 Å². The summed E-state index contributed by atoms with van der Waals surface area (Å²) in [5.74, 6) is -0.482. The van der Waals surface area contributed by atoms with Gasteiger partial charge in [-0.25, -0.2) is 9.18 Å². The van der Waals surface area contributed by atoms with E-state index in [1.165, 1.54) is 28.8 Å². The first-order chi connectivity index (χ1) is 19.9. The van der Waals surface area contributed by atoms with Crippen molar-refractivity contribution in [3.63, 3.8) is 0 Å². The van der Waals surface area contributed by atoms with Crippen LogP contribution in [-0.4, -0.2) is 27.9 Å². The van der Waals surface area contributed by atoms with Crippen LogP contribution in [-0.2, 0) is 19.6 Å². The Hall–Kier alpha value is -5.31. The lowest BCUT2D eigenvalue weighted by molar-refractivity contribution is 0.0948. The molecule has 41 heavy (non-hydrogen) atoms. The third-order valence-corrected chi connectivity index (χ3v) is 6.79. The minimum atomic E-state index is -0.650. The number of hydrogen-bond donors (Lipinski definition) is 1. The van der Waals surface area contributed by atoms with Crippen LogP contribution in [0.5, 0.6) is 5.75 Å². The number of carbonyl (C=O) groups excluding carboxylic acids is 2. The third-order valence-electron chi connectivity index (χ3n) is 6.79. The molecule has 5 aromatic rings. The largest absolute Gasteiger partial charge is 0.496 e. The van der Waals surface area contributed by atoms with Crippen molar-refractivity contribution in [3.05, 3.63) is 146 Å². The van der Waals surface area contributed by atoms with E-state index >= 15 is 0 Å². The number of nitrogens with one attached hydrogen (secondary N) is 1. The highest BCUT2D eigenvalue weighted by atomic mass is 19.1. The van der Waals surface area contributed by atoms with Crippen molar-refractivity contribution in [2.24, 2.45) is 0 Å². The van der Waals surface area contributed by atoms with Gasteiger partial charge in [-0.3, -0.25) is 23.5 Å². The molecule has 8 nitrogen and oxygen atoms in total. The van der Waals surface area contributed by atoms with Gasteiger partial charge in [-0.05, 0) is 60.2 Å². The molecule has 9 heteroatoms. The van der Waals surface area contributed by atoms with Gasteiger partial charge in [-0.2, -0.15) is 0 Å². The summed E-state index contributed by atoms with van der Waals surface area (Å²) in [5.41, 5.74) is 1.31. The first kappa shape index (κ1) is 27.3. The summed E-state index contributed by atoms with van der Waals surface area (Å²) in [4.78, 5) is 52.5. The Morgan fingerprint density at radius 3 is 2.20 bits per heavy atom. The van der Waals surface area contributed by atoms with Crippen LogP contribution >= 0.6 is 0 Å². The van der Waals surface area contributed by atoms with Gasteiger partial charge in [0.25, 0.3) is 11.5 Å². The van der Waals surface area contributed by atoms with Crippen molar-refractivity contribution < 1.29 is 18.7 Å². The summed E-state index contributed by atoms with van der Waals surface area (Å²) in [6, 6.07) is 25.6. The molecule has 0 unspecified atom stereocenters. The summed E-state index contributed by atoms with van der Waals surface area (Å²) in [7, 11) is 1.57. The van der Waals surface area contributed by atoms with E-state index < -0.39 is 22.8 Å². The second kappa shape index (κ2) is 11.8. The molecular formula is C32H26FN3O5. The number of halogens is 1. The second-order valence-corrected chi connectivity index (χ2v) is 9.40. The van der Waals surface area contributed by atoms with Gasteiger partial charge in [-0.1, -0.05) is 42.5 Å². The zero-order valence-electron chi connectivity index (χ0n) is 22.2. The molecule has 0 saturated carbocycles. The summed E-state index contributed by atoms with van der Waals surface area (Å²) >= 11 is 0. The average Bonchev–Trinajstić information content (AvgIpc) is 3.00. The van der Waals surface area contributed by atoms with Crippen molar-refractivity contribution in [1.29, 1.82) is 0 Å². The Morgan fingerprint density at radius 1 is 0.805 bits per heavy atom. The fourth-order valence-corrected chi connectivity index (χ4v) is 4.60. The lowest BCUT2D eigenvalue weighted by atomic mass is 10.1. The monoisotopic (exact) mass is 551 g/mol. The maximum Gasteiger partial charge on any atom is 0.332 e. The maximum atomic E-state index is 13.5. The van der Waals surface area contributed by atoms with E-state index in [0.717, 1.165) is 10.1 Å². The second-order valence-electron chi connectivity index (χ2n) is 9.40. The van der Waals surface area contributed by atoms with Crippen LogP contribution in [0, 0.1) is 5.82 Å². The van der Waals surface area contributed by atoms with E-state index in [1.807, 2.05) is 24.3 Å². The summed E-state index contributed by atoms with van der Waals surface area (Å²) in [5, 5.41) is 3.14. The molecule has 0 aliphatic carbocycles. The number of nitrogens with zero attached hydrogens (tertiary/aromatic N) is 2. The van der Waals surface area contributed by atoms with Crippen LogP contribution in [0.15, 0.2) is 107 Å². The highest BCUT2D eigenvalue weighted by Gasteiger charge is 2.17. The van der Waals surface area contributed by atoms with Gasteiger partial charge in [0.15, 0.2) is 5.78 Å². The number of ether oxygens (including phenoxy) is 1. The first-order valence-corrected chi connectivity index (χ1v) is 12.9. The Balaban J connectivity index is 1.39. The number of hydrogen-bond acceptors (Lipinski definition) is 5. The van der Waals surface area contributed by atoms with Crippen molar-refractivity contribution in [3.8, 4) is 5.75 Å². The highest BCUT2D eigenvalue weighted by Crippen LogP contribution is 2.17. The molecule has 0 radical (unpaired) electrons. The van der Waals surface area contributed by atoms with Crippen LogP contribution in [0.1, 0.15) is 31.8 Å². The molecule has 0 aliphatic heterocycles. The van der Waals surface area contributed by atoms with E-state index in [2.05, 4.69) is 5.32 Å². The number of aromatic nitrogens is 2. The predicted molar refractivity (Wildman–Crippen MR) is 153 cm³/mol. The van der Waals surface area contributed by atoms with Gasteiger partial charge in [0.05, 0.1) is 31.1 Å². The van der Waals surface area contributed by atoms with Crippen molar-refractivity contribution in [2.45, 2.75) is 19.6 Å². The lowest BCUT2D eigenvalue weighted by Crippen LogP contribution is -2.41.